The number of rotatable bonds is 3. The Hall–Kier alpha value is -2.87. The molecule has 154 valence electrons. The van der Waals surface area contributed by atoms with Gasteiger partial charge in [-0.25, -0.2) is 0 Å². The third-order valence-corrected chi connectivity index (χ3v) is 6.21. The summed E-state index contributed by atoms with van der Waals surface area (Å²) in [7, 11) is 2.14. The SMILES string of the molecule is CC(Cc1c[nH]c2ccccc12)NC(=O)C(=N)NC(=N)N1CC2CCC(C1)N2C. The molecule has 29 heavy (non-hydrogen) atoms. The highest BCUT2D eigenvalue weighted by atomic mass is 16.2. The van der Waals surface area contributed by atoms with Crippen molar-refractivity contribution in [1.82, 2.24) is 25.4 Å². The van der Waals surface area contributed by atoms with E-state index in [-0.39, 0.29) is 17.8 Å². The summed E-state index contributed by atoms with van der Waals surface area (Å²) in [6, 6.07) is 8.85. The molecule has 2 bridgehead atoms. The van der Waals surface area contributed by atoms with Gasteiger partial charge in [0.25, 0.3) is 5.91 Å². The first-order chi connectivity index (χ1) is 13.9. The van der Waals surface area contributed by atoms with Gasteiger partial charge < -0.3 is 20.5 Å². The molecule has 4 rings (SSSR count). The van der Waals surface area contributed by atoms with Gasteiger partial charge in [0, 0.05) is 48.3 Å². The minimum Gasteiger partial charge on any atom is -0.361 e. The van der Waals surface area contributed by atoms with Crippen LogP contribution >= 0.6 is 0 Å². The average molecular weight is 396 g/mol. The van der Waals surface area contributed by atoms with Crippen molar-refractivity contribution >= 4 is 28.6 Å². The third kappa shape index (κ3) is 3.98. The van der Waals surface area contributed by atoms with Crippen LogP contribution in [0.4, 0.5) is 0 Å². The maximum atomic E-state index is 12.4. The normalized spacial score (nSPS) is 22.5. The van der Waals surface area contributed by atoms with Crippen molar-refractivity contribution < 1.29 is 4.79 Å². The summed E-state index contributed by atoms with van der Waals surface area (Å²) in [4.78, 5) is 20.0. The molecule has 1 aromatic heterocycles. The number of amidine groups is 1. The van der Waals surface area contributed by atoms with Crippen LogP contribution in [0.1, 0.15) is 25.3 Å². The fraction of sp³-hybridized carbons (Fsp3) is 0.476. The van der Waals surface area contributed by atoms with Crippen LogP contribution in [0.5, 0.6) is 0 Å². The number of aromatic amines is 1. The van der Waals surface area contributed by atoms with E-state index in [0.717, 1.165) is 42.4 Å². The summed E-state index contributed by atoms with van der Waals surface area (Å²) < 4.78 is 0. The number of hydrogen-bond acceptors (Lipinski definition) is 4. The molecular weight excluding hydrogens is 366 g/mol. The molecule has 1 amide bonds. The smallest absolute Gasteiger partial charge is 0.286 e. The van der Waals surface area contributed by atoms with Gasteiger partial charge >= 0.3 is 0 Å². The number of guanidine groups is 1. The second-order valence-corrected chi connectivity index (χ2v) is 8.24. The monoisotopic (exact) mass is 395 g/mol. The Morgan fingerprint density at radius 3 is 2.66 bits per heavy atom. The van der Waals surface area contributed by atoms with Crippen molar-refractivity contribution in [2.75, 3.05) is 20.1 Å². The molecule has 8 heteroatoms. The number of likely N-dealkylation sites (tertiary alicyclic amines) is 1. The lowest BCUT2D eigenvalue weighted by atomic mass is 10.1. The molecule has 8 nitrogen and oxygen atoms in total. The number of carbonyl (C=O) groups excluding carboxylic acids is 1. The predicted molar refractivity (Wildman–Crippen MR) is 114 cm³/mol. The van der Waals surface area contributed by atoms with Gasteiger partial charge in [-0.3, -0.25) is 20.5 Å². The number of fused-ring (bicyclic) bond motifs is 3. The van der Waals surface area contributed by atoms with Crippen molar-refractivity contribution in [3.05, 3.63) is 36.0 Å². The van der Waals surface area contributed by atoms with Crippen LogP contribution in [-0.4, -0.2) is 70.7 Å². The Morgan fingerprint density at radius 2 is 1.93 bits per heavy atom. The van der Waals surface area contributed by atoms with Crippen molar-refractivity contribution in [3.63, 3.8) is 0 Å². The van der Waals surface area contributed by atoms with E-state index >= 15 is 0 Å². The molecule has 0 aliphatic carbocycles. The van der Waals surface area contributed by atoms with Crippen molar-refractivity contribution in [2.24, 2.45) is 0 Å². The molecule has 0 saturated carbocycles. The van der Waals surface area contributed by atoms with E-state index in [1.165, 1.54) is 0 Å². The quantitative estimate of drug-likeness (QED) is 0.400. The lowest BCUT2D eigenvalue weighted by Crippen LogP contribution is -2.58. The van der Waals surface area contributed by atoms with Crippen LogP contribution in [0.15, 0.2) is 30.5 Å². The summed E-state index contributed by atoms with van der Waals surface area (Å²) >= 11 is 0. The zero-order valence-electron chi connectivity index (χ0n) is 17.0. The fourth-order valence-corrected chi connectivity index (χ4v) is 4.53. The Morgan fingerprint density at radius 1 is 1.24 bits per heavy atom. The zero-order chi connectivity index (χ0) is 20.5. The Kier molecular flexibility index (Phi) is 5.27. The van der Waals surface area contributed by atoms with Crippen LogP contribution in [0.25, 0.3) is 10.9 Å². The minimum atomic E-state index is -0.487. The second-order valence-electron chi connectivity index (χ2n) is 8.24. The first kappa shape index (κ1) is 19.4. The number of nitrogens with one attached hydrogen (secondary N) is 5. The standard InChI is InChI=1S/C21H29N7O/c1-13(9-14-10-24-18-6-4-3-5-17(14)18)25-20(29)19(22)26-21(23)28-11-15-7-8-16(12-28)27(15)2/h3-6,10,13,15-16,24H,7-9,11-12H2,1-2H3,(H,25,29)(H3,22,23,26). The molecule has 0 spiro atoms. The van der Waals surface area contributed by atoms with Crippen LogP contribution in [-0.2, 0) is 11.2 Å². The lowest BCUT2D eigenvalue weighted by Gasteiger charge is -2.39. The van der Waals surface area contributed by atoms with E-state index in [9.17, 15) is 4.79 Å². The van der Waals surface area contributed by atoms with Gasteiger partial charge in [0.05, 0.1) is 0 Å². The molecule has 2 saturated heterocycles. The van der Waals surface area contributed by atoms with Gasteiger partial charge in [-0.15, -0.1) is 0 Å². The number of aromatic nitrogens is 1. The largest absolute Gasteiger partial charge is 0.361 e. The molecule has 0 radical (unpaired) electrons. The van der Waals surface area contributed by atoms with Gasteiger partial charge in [-0.2, -0.15) is 0 Å². The number of carbonyl (C=O) groups is 1. The van der Waals surface area contributed by atoms with E-state index in [1.807, 2.05) is 36.2 Å². The molecule has 3 atom stereocenters. The van der Waals surface area contributed by atoms with E-state index in [0.29, 0.717) is 18.5 Å². The van der Waals surface area contributed by atoms with Gasteiger partial charge in [0.15, 0.2) is 11.8 Å². The lowest BCUT2D eigenvalue weighted by molar-refractivity contribution is -0.115. The Bertz CT molecular complexity index is 922. The zero-order valence-corrected chi connectivity index (χ0v) is 17.0. The van der Waals surface area contributed by atoms with E-state index in [4.69, 9.17) is 10.8 Å². The molecule has 2 aliphatic heterocycles. The van der Waals surface area contributed by atoms with E-state index < -0.39 is 5.91 Å². The summed E-state index contributed by atoms with van der Waals surface area (Å²) in [5.74, 6) is -0.634. The van der Waals surface area contributed by atoms with Gasteiger partial charge in [-0.1, -0.05) is 18.2 Å². The van der Waals surface area contributed by atoms with Crippen LogP contribution in [0.3, 0.4) is 0 Å². The Labute approximate surface area is 170 Å². The van der Waals surface area contributed by atoms with Gasteiger partial charge in [0.1, 0.15) is 0 Å². The maximum Gasteiger partial charge on any atom is 0.286 e. The average Bonchev–Trinajstić information content (AvgIpc) is 3.16. The van der Waals surface area contributed by atoms with Crippen LogP contribution < -0.4 is 10.6 Å². The fourth-order valence-electron chi connectivity index (χ4n) is 4.53. The number of benzene rings is 1. The summed E-state index contributed by atoms with van der Waals surface area (Å²) in [6.07, 6.45) is 4.93. The number of likely N-dealkylation sites (N-methyl/N-ethyl adjacent to an activating group) is 1. The van der Waals surface area contributed by atoms with E-state index in [1.54, 1.807) is 0 Å². The number of nitrogens with zero attached hydrogens (tertiary/aromatic N) is 2. The number of H-pyrrole nitrogens is 1. The van der Waals surface area contributed by atoms with Crippen LogP contribution in [0.2, 0.25) is 0 Å². The first-order valence-electron chi connectivity index (χ1n) is 10.2. The number of hydrogen-bond donors (Lipinski definition) is 5. The van der Waals surface area contributed by atoms with Crippen molar-refractivity contribution in [1.29, 1.82) is 10.8 Å². The number of para-hydroxylation sites is 1. The first-order valence-corrected chi connectivity index (χ1v) is 10.2. The summed E-state index contributed by atoms with van der Waals surface area (Å²) in [5.41, 5.74) is 2.21. The van der Waals surface area contributed by atoms with Crippen molar-refractivity contribution in [3.8, 4) is 0 Å². The summed E-state index contributed by atoms with van der Waals surface area (Å²) in [6.45, 7) is 3.46. The number of amides is 1. The molecular formula is C21H29N7O. The molecule has 2 aliphatic rings. The van der Waals surface area contributed by atoms with E-state index in [2.05, 4.69) is 33.6 Å². The van der Waals surface area contributed by atoms with Gasteiger partial charge in [-0.05, 0) is 44.9 Å². The molecule has 2 fully saturated rings. The molecule has 3 unspecified atom stereocenters. The minimum absolute atomic E-state index is 0.127. The summed E-state index contributed by atoms with van der Waals surface area (Å²) in [5, 5.41) is 23.0. The Balaban J connectivity index is 1.29. The van der Waals surface area contributed by atoms with Crippen LogP contribution in [0, 0.1) is 10.8 Å². The molecule has 5 N–H and O–H groups in total. The molecule has 1 aromatic carbocycles. The van der Waals surface area contributed by atoms with Crippen molar-refractivity contribution in [2.45, 2.75) is 44.3 Å². The second kappa shape index (κ2) is 7.87. The highest BCUT2D eigenvalue weighted by Crippen LogP contribution is 2.28. The highest BCUT2D eigenvalue weighted by Gasteiger charge is 2.38. The topological polar surface area (TPSA) is 111 Å². The highest BCUT2D eigenvalue weighted by molar-refractivity contribution is 6.39. The third-order valence-electron chi connectivity index (χ3n) is 6.21. The molecule has 2 aromatic rings. The number of piperazine rings is 1. The van der Waals surface area contributed by atoms with Gasteiger partial charge in [0.2, 0.25) is 0 Å². The predicted octanol–water partition coefficient (Wildman–Crippen LogP) is 1.50. The maximum absolute atomic E-state index is 12.4. The molecule has 3 heterocycles.